The molecular formula is C20H29N4O4P. The first-order chi connectivity index (χ1) is 13.8. The van der Waals surface area contributed by atoms with E-state index in [1.807, 2.05) is 37.6 Å². The predicted octanol–water partition coefficient (Wildman–Crippen LogP) is 3.81. The van der Waals surface area contributed by atoms with Crippen LogP contribution in [0.1, 0.15) is 35.1 Å². The highest BCUT2D eigenvalue weighted by Gasteiger charge is 2.44. The van der Waals surface area contributed by atoms with Gasteiger partial charge in [-0.2, -0.15) is 0 Å². The van der Waals surface area contributed by atoms with Crippen molar-refractivity contribution in [2.45, 2.75) is 33.4 Å². The molecule has 158 valence electrons. The number of rotatable bonds is 7. The van der Waals surface area contributed by atoms with Gasteiger partial charge in [-0.05, 0) is 44.0 Å². The molecular weight excluding hydrogens is 391 g/mol. The maximum atomic E-state index is 13.9. The van der Waals surface area contributed by atoms with Crippen LogP contribution in [-0.4, -0.2) is 53.1 Å². The SMILES string of the molecule is CCN1CCOP1(=O)C(CNc1nc(C)cc(C)n1)c1cc(C)c(O)c(OC)c1. The molecule has 1 saturated heterocycles. The van der Waals surface area contributed by atoms with Crippen LogP contribution in [-0.2, 0) is 9.09 Å². The summed E-state index contributed by atoms with van der Waals surface area (Å²) < 4.78 is 27.0. The molecule has 0 aliphatic carbocycles. The van der Waals surface area contributed by atoms with Gasteiger partial charge in [0, 0.05) is 31.0 Å². The Morgan fingerprint density at radius 3 is 2.59 bits per heavy atom. The van der Waals surface area contributed by atoms with E-state index in [-0.39, 0.29) is 5.75 Å². The second kappa shape index (κ2) is 8.69. The molecule has 2 atom stereocenters. The summed E-state index contributed by atoms with van der Waals surface area (Å²) in [5.74, 6) is 0.920. The maximum absolute atomic E-state index is 13.9. The number of hydrogen-bond donors (Lipinski definition) is 2. The van der Waals surface area contributed by atoms with Crippen LogP contribution in [0.5, 0.6) is 11.5 Å². The molecule has 0 bridgehead atoms. The average Bonchev–Trinajstić information content (AvgIpc) is 3.05. The number of phenolic OH excluding ortho intramolecular Hbond substituents is 1. The van der Waals surface area contributed by atoms with Crippen LogP contribution < -0.4 is 10.1 Å². The van der Waals surface area contributed by atoms with E-state index in [4.69, 9.17) is 9.26 Å². The van der Waals surface area contributed by atoms with E-state index < -0.39 is 13.2 Å². The Bertz CT molecular complexity index is 917. The van der Waals surface area contributed by atoms with Crippen molar-refractivity contribution < 1.29 is 18.9 Å². The van der Waals surface area contributed by atoms with E-state index in [1.54, 1.807) is 13.0 Å². The summed E-state index contributed by atoms with van der Waals surface area (Å²) in [5.41, 5.74) is 2.68. The smallest absolute Gasteiger partial charge is 0.281 e. The van der Waals surface area contributed by atoms with E-state index in [1.165, 1.54) is 7.11 Å². The number of aromatic nitrogens is 2. The van der Waals surface area contributed by atoms with Crippen molar-refractivity contribution in [1.29, 1.82) is 0 Å². The molecule has 1 aromatic heterocycles. The number of aryl methyl sites for hydroxylation is 3. The quantitative estimate of drug-likeness (QED) is 0.653. The zero-order valence-electron chi connectivity index (χ0n) is 17.6. The standard InChI is InChI=1S/C20H29N4O4P/c1-6-24-7-8-28-29(24,26)18(12-21-20-22-14(3)10-15(4)23-20)16-9-13(2)19(25)17(11-16)27-5/h9-11,18,25H,6-8,12H2,1-5H3,(H,21,22,23). The van der Waals surface area contributed by atoms with Gasteiger partial charge in [-0.25, -0.2) is 14.6 Å². The zero-order valence-corrected chi connectivity index (χ0v) is 18.5. The number of aromatic hydroxyl groups is 1. The molecule has 0 radical (unpaired) electrons. The first kappa shape index (κ1) is 21.6. The Hall–Kier alpha value is -2.15. The van der Waals surface area contributed by atoms with Crippen LogP contribution in [0.4, 0.5) is 5.95 Å². The molecule has 1 aliphatic rings. The molecule has 2 aromatic rings. The maximum Gasteiger partial charge on any atom is 0.281 e. The van der Waals surface area contributed by atoms with Crippen molar-refractivity contribution in [3.63, 3.8) is 0 Å². The van der Waals surface area contributed by atoms with Gasteiger partial charge in [-0.1, -0.05) is 13.0 Å². The number of methoxy groups -OCH3 is 1. The molecule has 2 heterocycles. The summed E-state index contributed by atoms with van der Waals surface area (Å²) in [6.45, 7) is 9.59. The second-order valence-electron chi connectivity index (χ2n) is 7.20. The number of anilines is 1. The highest BCUT2D eigenvalue weighted by atomic mass is 31.2. The Kier molecular flexibility index (Phi) is 6.46. The normalized spacial score (nSPS) is 20.6. The molecule has 2 N–H and O–H groups in total. The van der Waals surface area contributed by atoms with E-state index in [0.717, 1.165) is 17.0 Å². The molecule has 3 rings (SSSR count). The zero-order chi connectivity index (χ0) is 21.2. The Balaban J connectivity index is 2.00. The third-order valence-corrected chi connectivity index (χ3v) is 8.20. The number of likely N-dealkylation sites (N-methyl/N-ethyl adjacent to an activating group) is 1. The summed E-state index contributed by atoms with van der Waals surface area (Å²) in [5, 5.41) is 13.5. The first-order valence-electron chi connectivity index (χ1n) is 9.71. The predicted molar refractivity (Wildman–Crippen MR) is 113 cm³/mol. The van der Waals surface area contributed by atoms with Gasteiger partial charge in [-0.15, -0.1) is 0 Å². The molecule has 1 aromatic carbocycles. The second-order valence-corrected chi connectivity index (χ2v) is 9.78. The summed E-state index contributed by atoms with van der Waals surface area (Å²) in [6.07, 6.45) is 0. The minimum Gasteiger partial charge on any atom is -0.504 e. The molecule has 29 heavy (non-hydrogen) atoms. The van der Waals surface area contributed by atoms with E-state index in [2.05, 4.69) is 15.3 Å². The van der Waals surface area contributed by atoms with E-state index in [0.29, 0.717) is 43.5 Å². The van der Waals surface area contributed by atoms with Gasteiger partial charge in [0.25, 0.3) is 7.52 Å². The lowest BCUT2D eigenvalue weighted by Gasteiger charge is -2.30. The van der Waals surface area contributed by atoms with E-state index >= 15 is 0 Å². The lowest BCUT2D eigenvalue weighted by Crippen LogP contribution is -2.23. The van der Waals surface area contributed by atoms with Crippen LogP contribution in [0.15, 0.2) is 18.2 Å². The van der Waals surface area contributed by atoms with Crippen LogP contribution in [0, 0.1) is 20.8 Å². The Morgan fingerprint density at radius 1 is 1.28 bits per heavy atom. The number of hydrogen-bond acceptors (Lipinski definition) is 7. The van der Waals surface area contributed by atoms with Crippen LogP contribution in [0.2, 0.25) is 0 Å². The van der Waals surface area contributed by atoms with Gasteiger partial charge in [0.2, 0.25) is 5.95 Å². The number of phenols is 1. The lowest BCUT2D eigenvalue weighted by molar-refractivity contribution is 0.350. The largest absolute Gasteiger partial charge is 0.504 e. The number of nitrogens with zero attached hydrogens (tertiary/aromatic N) is 3. The van der Waals surface area contributed by atoms with Gasteiger partial charge in [0.15, 0.2) is 11.5 Å². The topological polar surface area (TPSA) is 96.8 Å². The fourth-order valence-electron chi connectivity index (χ4n) is 3.68. The van der Waals surface area contributed by atoms with Crippen molar-refractivity contribution in [2.24, 2.45) is 0 Å². The van der Waals surface area contributed by atoms with Gasteiger partial charge in [0.05, 0.1) is 19.4 Å². The third kappa shape index (κ3) is 4.39. The van der Waals surface area contributed by atoms with Crippen molar-refractivity contribution in [3.05, 3.63) is 40.7 Å². The third-order valence-electron chi connectivity index (χ3n) is 5.11. The Morgan fingerprint density at radius 2 is 1.97 bits per heavy atom. The summed E-state index contributed by atoms with van der Waals surface area (Å²) >= 11 is 0. The number of nitrogens with one attached hydrogen (secondary N) is 1. The van der Waals surface area contributed by atoms with Crippen LogP contribution >= 0.6 is 7.52 Å². The van der Waals surface area contributed by atoms with Gasteiger partial charge in [0.1, 0.15) is 0 Å². The van der Waals surface area contributed by atoms with Crippen molar-refractivity contribution in [3.8, 4) is 11.5 Å². The minimum absolute atomic E-state index is 0.0820. The van der Waals surface area contributed by atoms with Gasteiger partial charge < -0.3 is 19.7 Å². The van der Waals surface area contributed by atoms with Crippen molar-refractivity contribution in [2.75, 3.05) is 38.7 Å². The van der Waals surface area contributed by atoms with Gasteiger partial charge in [-0.3, -0.25) is 4.57 Å². The highest BCUT2D eigenvalue weighted by molar-refractivity contribution is 7.57. The molecule has 0 spiro atoms. The molecule has 8 nitrogen and oxygen atoms in total. The van der Waals surface area contributed by atoms with E-state index in [9.17, 15) is 9.67 Å². The summed E-state index contributed by atoms with van der Waals surface area (Å²) in [6, 6.07) is 5.46. The summed E-state index contributed by atoms with van der Waals surface area (Å²) in [4.78, 5) is 8.85. The highest BCUT2D eigenvalue weighted by Crippen LogP contribution is 2.65. The first-order valence-corrected chi connectivity index (χ1v) is 11.4. The molecule has 0 saturated carbocycles. The molecule has 9 heteroatoms. The monoisotopic (exact) mass is 420 g/mol. The van der Waals surface area contributed by atoms with Crippen LogP contribution in [0.25, 0.3) is 0 Å². The fraction of sp³-hybridized carbons (Fsp3) is 0.500. The lowest BCUT2D eigenvalue weighted by atomic mass is 10.1. The number of ether oxygens (including phenoxy) is 1. The van der Waals surface area contributed by atoms with Gasteiger partial charge >= 0.3 is 0 Å². The molecule has 2 unspecified atom stereocenters. The van der Waals surface area contributed by atoms with Crippen molar-refractivity contribution >= 4 is 13.5 Å². The molecule has 0 amide bonds. The minimum atomic E-state index is -3.16. The molecule has 1 aliphatic heterocycles. The fourth-order valence-corrected chi connectivity index (χ4v) is 6.36. The van der Waals surface area contributed by atoms with Crippen LogP contribution in [0.3, 0.4) is 0 Å². The number of benzene rings is 1. The summed E-state index contributed by atoms with van der Waals surface area (Å²) in [7, 11) is -1.66. The average molecular weight is 420 g/mol. The van der Waals surface area contributed by atoms with Crippen molar-refractivity contribution in [1.82, 2.24) is 14.6 Å². The molecule has 1 fully saturated rings. The Labute approximate surface area is 171 Å².